The van der Waals surface area contributed by atoms with Crippen molar-refractivity contribution in [3.63, 3.8) is 0 Å². The molecular formula is C10H13F2N. The second-order valence-corrected chi connectivity index (χ2v) is 3.24. The van der Waals surface area contributed by atoms with Crippen molar-refractivity contribution in [3.8, 4) is 0 Å². The van der Waals surface area contributed by atoms with Crippen molar-refractivity contribution in [2.45, 2.75) is 19.8 Å². The van der Waals surface area contributed by atoms with Gasteiger partial charge in [-0.25, -0.2) is 8.78 Å². The molecule has 0 heterocycles. The van der Waals surface area contributed by atoms with E-state index < -0.39 is 11.6 Å². The maximum absolute atomic E-state index is 13.3. The van der Waals surface area contributed by atoms with Crippen LogP contribution >= 0.6 is 0 Å². The number of anilines is 1. The van der Waals surface area contributed by atoms with Gasteiger partial charge in [-0.05, 0) is 17.5 Å². The Balaban J connectivity index is 3.23. The maximum atomic E-state index is 13.3. The Labute approximate surface area is 76.8 Å². The van der Waals surface area contributed by atoms with Crippen LogP contribution in [-0.4, -0.2) is 7.05 Å². The first-order valence-corrected chi connectivity index (χ1v) is 4.23. The van der Waals surface area contributed by atoms with Crippen LogP contribution in [0.4, 0.5) is 14.5 Å². The fourth-order valence-electron chi connectivity index (χ4n) is 1.20. The second-order valence-electron chi connectivity index (χ2n) is 3.24. The standard InChI is InChI=1S/C10H13F2N/c1-6(2)7-4-5-8(13-3)10(12)9(7)11/h4-6,13H,1-3H3. The molecule has 0 aromatic heterocycles. The van der Waals surface area contributed by atoms with E-state index in [2.05, 4.69) is 5.32 Å². The van der Waals surface area contributed by atoms with Gasteiger partial charge in [0.2, 0.25) is 0 Å². The quantitative estimate of drug-likeness (QED) is 0.746. The van der Waals surface area contributed by atoms with E-state index in [0.29, 0.717) is 5.56 Å². The summed E-state index contributed by atoms with van der Waals surface area (Å²) in [5, 5.41) is 2.59. The zero-order chi connectivity index (χ0) is 10.0. The van der Waals surface area contributed by atoms with E-state index in [4.69, 9.17) is 0 Å². The fraction of sp³-hybridized carbons (Fsp3) is 0.400. The van der Waals surface area contributed by atoms with Gasteiger partial charge in [-0.1, -0.05) is 19.9 Å². The average Bonchev–Trinajstić information content (AvgIpc) is 2.09. The highest BCUT2D eigenvalue weighted by Gasteiger charge is 2.14. The summed E-state index contributed by atoms with van der Waals surface area (Å²) >= 11 is 0. The van der Waals surface area contributed by atoms with Crippen molar-refractivity contribution < 1.29 is 8.78 Å². The van der Waals surface area contributed by atoms with Gasteiger partial charge in [0.15, 0.2) is 11.6 Å². The minimum Gasteiger partial charge on any atom is -0.386 e. The molecule has 1 aromatic carbocycles. The van der Waals surface area contributed by atoms with Gasteiger partial charge in [0.25, 0.3) is 0 Å². The van der Waals surface area contributed by atoms with Crippen LogP contribution in [0.15, 0.2) is 12.1 Å². The molecule has 0 fully saturated rings. The van der Waals surface area contributed by atoms with Crippen molar-refractivity contribution in [2.24, 2.45) is 0 Å². The van der Waals surface area contributed by atoms with Gasteiger partial charge in [-0.2, -0.15) is 0 Å². The van der Waals surface area contributed by atoms with Gasteiger partial charge in [0.1, 0.15) is 0 Å². The first kappa shape index (κ1) is 9.96. The van der Waals surface area contributed by atoms with E-state index in [1.807, 2.05) is 13.8 Å². The molecule has 1 nitrogen and oxygen atoms in total. The van der Waals surface area contributed by atoms with Crippen LogP contribution in [0.5, 0.6) is 0 Å². The van der Waals surface area contributed by atoms with E-state index in [-0.39, 0.29) is 11.6 Å². The molecule has 1 aromatic rings. The summed E-state index contributed by atoms with van der Waals surface area (Å²) in [7, 11) is 1.56. The molecular weight excluding hydrogens is 172 g/mol. The van der Waals surface area contributed by atoms with Gasteiger partial charge >= 0.3 is 0 Å². The molecule has 0 amide bonds. The van der Waals surface area contributed by atoms with Crippen LogP contribution in [0.25, 0.3) is 0 Å². The molecule has 72 valence electrons. The predicted molar refractivity (Wildman–Crippen MR) is 50.0 cm³/mol. The molecule has 0 aliphatic heterocycles. The van der Waals surface area contributed by atoms with Gasteiger partial charge < -0.3 is 5.32 Å². The summed E-state index contributed by atoms with van der Waals surface area (Å²) in [5.41, 5.74) is 0.610. The number of hydrogen-bond donors (Lipinski definition) is 1. The summed E-state index contributed by atoms with van der Waals surface area (Å²) < 4.78 is 26.5. The van der Waals surface area contributed by atoms with E-state index in [0.717, 1.165) is 0 Å². The van der Waals surface area contributed by atoms with Crippen LogP contribution in [0, 0.1) is 11.6 Å². The highest BCUT2D eigenvalue weighted by atomic mass is 19.2. The Morgan fingerprint density at radius 2 is 1.77 bits per heavy atom. The van der Waals surface area contributed by atoms with Crippen molar-refractivity contribution >= 4 is 5.69 Å². The van der Waals surface area contributed by atoms with Crippen LogP contribution in [0.2, 0.25) is 0 Å². The van der Waals surface area contributed by atoms with Crippen LogP contribution < -0.4 is 5.32 Å². The molecule has 1 N–H and O–H groups in total. The van der Waals surface area contributed by atoms with Gasteiger partial charge in [0.05, 0.1) is 5.69 Å². The van der Waals surface area contributed by atoms with E-state index in [1.54, 1.807) is 19.2 Å². The van der Waals surface area contributed by atoms with Crippen LogP contribution in [0.1, 0.15) is 25.3 Å². The Hall–Kier alpha value is -1.12. The van der Waals surface area contributed by atoms with E-state index in [9.17, 15) is 8.78 Å². The van der Waals surface area contributed by atoms with Gasteiger partial charge in [0, 0.05) is 7.05 Å². The van der Waals surface area contributed by atoms with Crippen LogP contribution in [-0.2, 0) is 0 Å². The SMILES string of the molecule is CNc1ccc(C(C)C)c(F)c1F. The van der Waals surface area contributed by atoms with Gasteiger partial charge in [-0.15, -0.1) is 0 Å². The minimum atomic E-state index is -0.797. The Morgan fingerprint density at radius 3 is 2.23 bits per heavy atom. The van der Waals surface area contributed by atoms with Gasteiger partial charge in [-0.3, -0.25) is 0 Å². The molecule has 1 rings (SSSR count). The summed E-state index contributed by atoms with van der Waals surface area (Å²) in [6.07, 6.45) is 0. The molecule has 0 unspecified atom stereocenters. The molecule has 0 spiro atoms. The average molecular weight is 185 g/mol. The minimum absolute atomic E-state index is 0.000376. The summed E-state index contributed by atoms with van der Waals surface area (Å²) in [6.45, 7) is 3.66. The lowest BCUT2D eigenvalue weighted by Gasteiger charge is -2.10. The first-order valence-electron chi connectivity index (χ1n) is 4.23. The summed E-state index contributed by atoms with van der Waals surface area (Å²) in [5.74, 6) is -1.55. The molecule has 0 saturated carbocycles. The zero-order valence-corrected chi connectivity index (χ0v) is 7.99. The lowest BCUT2D eigenvalue weighted by Crippen LogP contribution is -2.01. The van der Waals surface area contributed by atoms with E-state index in [1.165, 1.54) is 0 Å². The summed E-state index contributed by atoms with van der Waals surface area (Å²) in [6, 6.07) is 3.16. The van der Waals surface area contributed by atoms with Crippen molar-refractivity contribution in [3.05, 3.63) is 29.3 Å². The Morgan fingerprint density at radius 1 is 1.15 bits per heavy atom. The lowest BCUT2D eigenvalue weighted by atomic mass is 10.0. The fourth-order valence-corrected chi connectivity index (χ4v) is 1.20. The normalized spacial score (nSPS) is 10.6. The zero-order valence-electron chi connectivity index (χ0n) is 7.99. The first-order chi connectivity index (χ1) is 6.07. The predicted octanol–water partition coefficient (Wildman–Crippen LogP) is 3.13. The van der Waals surface area contributed by atoms with Crippen molar-refractivity contribution in [1.29, 1.82) is 0 Å². The lowest BCUT2D eigenvalue weighted by molar-refractivity contribution is 0.496. The van der Waals surface area contributed by atoms with Crippen LogP contribution in [0.3, 0.4) is 0 Å². The third kappa shape index (κ3) is 1.79. The monoisotopic (exact) mass is 185 g/mol. The largest absolute Gasteiger partial charge is 0.386 e. The molecule has 0 aliphatic rings. The Kier molecular flexibility index (Phi) is 2.86. The summed E-state index contributed by atoms with van der Waals surface area (Å²) in [4.78, 5) is 0. The Bertz CT molecular complexity index is 308. The molecule has 0 saturated heterocycles. The van der Waals surface area contributed by atoms with Crippen molar-refractivity contribution in [2.75, 3.05) is 12.4 Å². The highest BCUT2D eigenvalue weighted by Crippen LogP contribution is 2.25. The molecule has 0 aliphatic carbocycles. The second kappa shape index (κ2) is 3.73. The smallest absolute Gasteiger partial charge is 0.182 e. The molecule has 0 atom stereocenters. The topological polar surface area (TPSA) is 12.0 Å². The number of benzene rings is 1. The maximum Gasteiger partial charge on any atom is 0.182 e. The van der Waals surface area contributed by atoms with E-state index >= 15 is 0 Å². The number of halogens is 2. The third-order valence-corrected chi connectivity index (χ3v) is 2.00. The number of hydrogen-bond acceptors (Lipinski definition) is 1. The third-order valence-electron chi connectivity index (χ3n) is 2.00. The molecule has 0 bridgehead atoms. The molecule has 0 radical (unpaired) electrons. The molecule has 13 heavy (non-hydrogen) atoms. The van der Waals surface area contributed by atoms with Crippen molar-refractivity contribution in [1.82, 2.24) is 0 Å². The molecule has 3 heteroatoms. The number of nitrogens with one attached hydrogen (secondary N) is 1. The highest BCUT2D eigenvalue weighted by molar-refractivity contribution is 5.47. The number of rotatable bonds is 2.